The third kappa shape index (κ3) is 5.76. The first-order valence-corrected chi connectivity index (χ1v) is 8.11. The van der Waals surface area contributed by atoms with Crippen molar-refractivity contribution in [1.29, 1.82) is 0 Å². The number of carbonyl (C=O) groups excluding carboxylic acids is 1. The van der Waals surface area contributed by atoms with Crippen molar-refractivity contribution in [3.63, 3.8) is 0 Å². The van der Waals surface area contributed by atoms with Gasteiger partial charge in [0.2, 0.25) is 5.91 Å². The summed E-state index contributed by atoms with van der Waals surface area (Å²) in [6.07, 6.45) is 5.69. The number of ether oxygens (including phenoxy) is 1. The van der Waals surface area contributed by atoms with E-state index in [9.17, 15) is 4.79 Å². The minimum Gasteiger partial charge on any atom is -0.383 e. The molecule has 0 aliphatic carbocycles. The first-order chi connectivity index (χ1) is 9.58. The Morgan fingerprint density at radius 3 is 2.43 bits per heavy atom. The van der Waals surface area contributed by atoms with Gasteiger partial charge in [0.25, 0.3) is 0 Å². The van der Waals surface area contributed by atoms with Crippen LogP contribution < -0.4 is 5.32 Å². The van der Waals surface area contributed by atoms with Crippen molar-refractivity contribution in [3.8, 4) is 0 Å². The number of rotatable bonds is 7. The van der Waals surface area contributed by atoms with Gasteiger partial charge in [0.1, 0.15) is 0 Å². The fourth-order valence-corrected chi connectivity index (χ4v) is 3.68. The van der Waals surface area contributed by atoms with Gasteiger partial charge in [0.15, 0.2) is 0 Å². The largest absolute Gasteiger partial charge is 0.383 e. The molecule has 0 saturated carbocycles. The summed E-state index contributed by atoms with van der Waals surface area (Å²) < 4.78 is 5.13. The first kappa shape index (κ1) is 18.7. The highest BCUT2D eigenvalue weighted by Gasteiger charge is 2.34. The lowest BCUT2D eigenvalue weighted by Crippen LogP contribution is -2.42. The van der Waals surface area contributed by atoms with Gasteiger partial charge in [-0.3, -0.25) is 4.79 Å². The molecule has 4 nitrogen and oxygen atoms in total. The van der Waals surface area contributed by atoms with Gasteiger partial charge in [0.05, 0.1) is 6.61 Å². The molecular formula is C16H31ClN2O2. The third-order valence-corrected chi connectivity index (χ3v) is 4.54. The molecule has 2 heterocycles. The topological polar surface area (TPSA) is 41.6 Å². The van der Waals surface area contributed by atoms with Crippen LogP contribution in [0.5, 0.6) is 0 Å². The van der Waals surface area contributed by atoms with Crippen LogP contribution >= 0.6 is 12.4 Å². The molecule has 2 saturated heterocycles. The van der Waals surface area contributed by atoms with E-state index in [4.69, 9.17) is 4.74 Å². The van der Waals surface area contributed by atoms with Gasteiger partial charge < -0.3 is 15.0 Å². The summed E-state index contributed by atoms with van der Waals surface area (Å²) in [4.78, 5) is 14.5. The normalized spacial score (nSPS) is 27.5. The van der Waals surface area contributed by atoms with E-state index in [1.165, 1.54) is 25.7 Å². The predicted molar refractivity (Wildman–Crippen MR) is 87.8 cm³/mol. The average molecular weight is 319 g/mol. The smallest absolute Gasteiger partial charge is 0.222 e. The van der Waals surface area contributed by atoms with Crippen LogP contribution in [0, 0.1) is 11.8 Å². The molecule has 0 aromatic rings. The summed E-state index contributed by atoms with van der Waals surface area (Å²) in [7, 11) is 1.70. The summed E-state index contributed by atoms with van der Waals surface area (Å²) >= 11 is 0. The quantitative estimate of drug-likeness (QED) is 0.784. The highest BCUT2D eigenvalue weighted by molar-refractivity contribution is 5.85. The maximum atomic E-state index is 12.5. The van der Waals surface area contributed by atoms with Crippen LogP contribution in [0.4, 0.5) is 0 Å². The number of methoxy groups -OCH3 is 1. The molecule has 124 valence electrons. The van der Waals surface area contributed by atoms with Crippen molar-refractivity contribution in [2.75, 3.05) is 26.8 Å². The Morgan fingerprint density at radius 1 is 1.29 bits per heavy atom. The third-order valence-electron chi connectivity index (χ3n) is 4.54. The molecule has 21 heavy (non-hydrogen) atoms. The maximum Gasteiger partial charge on any atom is 0.222 e. The zero-order valence-corrected chi connectivity index (χ0v) is 14.5. The Labute approximate surface area is 135 Å². The van der Waals surface area contributed by atoms with Crippen LogP contribution in [-0.4, -0.2) is 49.7 Å². The zero-order valence-electron chi connectivity index (χ0n) is 13.6. The molecule has 2 fully saturated rings. The van der Waals surface area contributed by atoms with E-state index in [-0.39, 0.29) is 12.4 Å². The number of carbonyl (C=O) groups is 1. The van der Waals surface area contributed by atoms with Crippen LogP contribution in [-0.2, 0) is 9.53 Å². The molecule has 0 aromatic heterocycles. The lowest BCUT2D eigenvalue weighted by Gasteiger charge is -2.31. The number of hydrogen-bond donors (Lipinski definition) is 1. The predicted octanol–water partition coefficient (Wildman–Crippen LogP) is 2.46. The van der Waals surface area contributed by atoms with Crippen LogP contribution in [0.15, 0.2) is 0 Å². The Balaban J connectivity index is 0.00000220. The van der Waals surface area contributed by atoms with Crippen LogP contribution in [0.25, 0.3) is 0 Å². The molecule has 1 N–H and O–H groups in total. The van der Waals surface area contributed by atoms with Crippen molar-refractivity contribution in [2.24, 2.45) is 11.8 Å². The fourth-order valence-electron chi connectivity index (χ4n) is 3.68. The molecule has 5 heteroatoms. The Kier molecular flexibility index (Phi) is 7.99. The highest BCUT2D eigenvalue weighted by Crippen LogP contribution is 2.33. The molecule has 0 spiro atoms. The molecule has 0 aromatic carbocycles. The average Bonchev–Trinajstić information content (AvgIpc) is 2.73. The summed E-state index contributed by atoms with van der Waals surface area (Å²) in [6, 6.07) is 1.34. The number of fused-ring (bicyclic) bond motifs is 2. The summed E-state index contributed by atoms with van der Waals surface area (Å²) in [5.74, 6) is 1.42. The maximum absolute atomic E-state index is 12.5. The van der Waals surface area contributed by atoms with Crippen molar-refractivity contribution in [2.45, 2.75) is 58.0 Å². The molecule has 2 rings (SSSR count). The lowest BCUT2D eigenvalue weighted by atomic mass is 9.89. The molecule has 1 amide bonds. The van der Waals surface area contributed by atoms with Crippen molar-refractivity contribution >= 4 is 18.3 Å². The number of hydrogen-bond acceptors (Lipinski definition) is 3. The van der Waals surface area contributed by atoms with E-state index in [0.717, 1.165) is 19.5 Å². The van der Waals surface area contributed by atoms with Crippen LogP contribution in [0.1, 0.15) is 46.0 Å². The Morgan fingerprint density at radius 2 is 1.90 bits per heavy atom. The van der Waals surface area contributed by atoms with E-state index in [2.05, 4.69) is 19.2 Å². The second-order valence-corrected chi connectivity index (χ2v) is 6.91. The van der Waals surface area contributed by atoms with Gasteiger partial charge in [-0.25, -0.2) is 0 Å². The van der Waals surface area contributed by atoms with Gasteiger partial charge in [-0.05, 0) is 37.5 Å². The number of piperidine rings is 1. The molecule has 2 bridgehead atoms. The van der Waals surface area contributed by atoms with E-state index in [1.54, 1.807) is 7.11 Å². The SMILES string of the molecule is COCCN(CC(C)C)C(=O)CC1CC2CCC(C1)N2.Cl. The molecule has 2 atom stereocenters. The summed E-state index contributed by atoms with van der Waals surface area (Å²) in [6.45, 7) is 6.54. The number of halogens is 1. The molecule has 0 radical (unpaired) electrons. The minimum atomic E-state index is 0. The molecular weight excluding hydrogens is 288 g/mol. The number of nitrogens with zero attached hydrogens (tertiary/aromatic N) is 1. The van der Waals surface area contributed by atoms with Crippen LogP contribution in [0.2, 0.25) is 0 Å². The highest BCUT2D eigenvalue weighted by atomic mass is 35.5. The fraction of sp³-hybridized carbons (Fsp3) is 0.938. The lowest BCUT2D eigenvalue weighted by molar-refractivity contribution is -0.133. The zero-order chi connectivity index (χ0) is 14.5. The minimum absolute atomic E-state index is 0. The van der Waals surface area contributed by atoms with Gasteiger partial charge in [-0.15, -0.1) is 12.4 Å². The molecule has 2 aliphatic rings. The molecule has 2 aliphatic heterocycles. The van der Waals surface area contributed by atoms with Gasteiger partial charge in [-0.1, -0.05) is 13.8 Å². The summed E-state index contributed by atoms with van der Waals surface area (Å²) in [5.41, 5.74) is 0. The first-order valence-electron chi connectivity index (χ1n) is 8.11. The van der Waals surface area contributed by atoms with E-state index in [1.807, 2.05) is 4.90 Å². The second-order valence-electron chi connectivity index (χ2n) is 6.91. The van der Waals surface area contributed by atoms with E-state index in [0.29, 0.717) is 36.4 Å². The Bertz CT molecular complexity index is 313. The monoisotopic (exact) mass is 318 g/mol. The summed E-state index contributed by atoms with van der Waals surface area (Å²) in [5, 5.41) is 3.64. The second kappa shape index (κ2) is 8.96. The van der Waals surface area contributed by atoms with Crippen molar-refractivity contribution in [1.82, 2.24) is 10.2 Å². The van der Waals surface area contributed by atoms with Crippen molar-refractivity contribution < 1.29 is 9.53 Å². The van der Waals surface area contributed by atoms with Gasteiger partial charge in [0, 0.05) is 38.7 Å². The molecule has 2 unspecified atom stereocenters. The van der Waals surface area contributed by atoms with Crippen LogP contribution in [0.3, 0.4) is 0 Å². The number of nitrogens with one attached hydrogen (secondary N) is 1. The number of amides is 1. The standard InChI is InChI=1S/C16H30N2O2.ClH/c1-12(2)11-18(6-7-20-3)16(19)10-13-8-14-4-5-15(9-13)17-14;/h12-15,17H,4-11H2,1-3H3;1H. The van der Waals surface area contributed by atoms with Gasteiger partial charge in [-0.2, -0.15) is 0 Å². The van der Waals surface area contributed by atoms with E-state index < -0.39 is 0 Å². The van der Waals surface area contributed by atoms with Crippen molar-refractivity contribution in [3.05, 3.63) is 0 Å². The Hall–Kier alpha value is -0.320. The van der Waals surface area contributed by atoms with Gasteiger partial charge >= 0.3 is 0 Å². The van der Waals surface area contributed by atoms with E-state index >= 15 is 0 Å².